The van der Waals surface area contributed by atoms with Gasteiger partial charge in [-0.3, -0.25) is 0 Å². The van der Waals surface area contributed by atoms with Crippen molar-refractivity contribution in [3.05, 3.63) is 24.7 Å². The van der Waals surface area contributed by atoms with Gasteiger partial charge in [-0.25, -0.2) is 9.78 Å². The fourth-order valence-corrected chi connectivity index (χ4v) is 3.59. The summed E-state index contributed by atoms with van der Waals surface area (Å²) in [6, 6.07) is 2.32. The summed E-state index contributed by atoms with van der Waals surface area (Å²) in [6.45, 7) is 1.49. The Morgan fingerprint density at radius 2 is 2.23 bits per heavy atom. The Morgan fingerprint density at radius 3 is 3.12 bits per heavy atom. The van der Waals surface area contributed by atoms with Gasteiger partial charge in [0.1, 0.15) is 11.8 Å². The molecule has 1 amide bonds. The highest BCUT2D eigenvalue weighted by molar-refractivity contribution is 6.09. The molecule has 1 aliphatic heterocycles. The molecule has 134 valence electrons. The number of hydrogen-bond acceptors (Lipinski definition) is 6. The highest BCUT2D eigenvalue weighted by atomic mass is 16.6. The Morgan fingerprint density at radius 1 is 1.31 bits per heavy atom. The molecule has 0 radical (unpaired) electrons. The van der Waals surface area contributed by atoms with Crippen molar-refractivity contribution in [1.82, 2.24) is 25.5 Å². The van der Waals surface area contributed by atoms with Crippen LogP contribution in [0, 0.1) is 0 Å². The lowest BCUT2D eigenvalue weighted by Crippen LogP contribution is -2.43. The molecule has 4 heterocycles. The zero-order chi connectivity index (χ0) is 17.5. The summed E-state index contributed by atoms with van der Waals surface area (Å²) >= 11 is 0. The molecule has 2 N–H and O–H groups in total. The van der Waals surface area contributed by atoms with Gasteiger partial charge >= 0.3 is 6.09 Å². The van der Waals surface area contributed by atoms with Crippen molar-refractivity contribution in [1.29, 1.82) is 0 Å². The van der Waals surface area contributed by atoms with Crippen LogP contribution in [-0.2, 0) is 4.74 Å². The molecule has 3 aromatic rings. The number of anilines is 1. The summed E-state index contributed by atoms with van der Waals surface area (Å²) < 4.78 is 5.62. The quantitative estimate of drug-likeness (QED) is 0.751. The third kappa shape index (κ3) is 2.81. The number of alkyl carbamates (subject to hydrolysis) is 1. The van der Waals surface area contributed by atoms with Crippen molar-refractivity contribution in [2.24, 2.45) is 0 Å². The largest absolute Gasteiger partial charge is 0.444 e. The van der Waals surface area contributed by atoms with E-state index in [-0.39, 0.29) is 12.2 Å². The number of nitrogens with zero attached hydrogens (tertiary/aromatic N) is 4. The molecule has 0 bridgehead atoms. The second kappa shape index (κ2) is 6.12. The Hall–Kier alpha value is -2.90. The first-order valence-electron chi connectivity index (χ1n) is 9.07. The van der Waals surface area contributed by atoms with Crippen LogP contribution in [0.1, 0.15) is 25.7 Å². The van der Waals surface area contributed by atoms with Crippen molar-refractivity contribution in [2.75, 3.05) is 18.0 Å². The molecule has 1 atom stereocenters. The summed E-state index contributed by atoms with van der Waals surface area (Å²) in [4.78, 5) is 21.7. The van der Waals surface area contributed by atoms with E-state index in [0.717, 1.165) is 59.9 Å². The van der Waals surface area contributed by atoms with Crippen LogP contribution in [0.2, 0.25) is 0 Å². The number of rotatable bonds is 3. The predicted molar refractivity (Wildman–Crippen MR) is 97.1 cm³/mol. The number of carbonyl (C=O) groups excluding carboxylic acids is 1. The highest BCUT2D eigenvalue weighted by Crippen LogP contribution is 2.31. The van der Waals surface area contributed by atoms with Crippen molar-refractivity contribution < 1.29 is 9.53 Å². The zero-order valence-corrected chi connectivity index (χ0v) is 14.3. The number of aromatic amines is 1. The number of nitrogens with one attached hydrogen (secondary N) is 2. The van der Waals surface area contributed by atoms with Crippen molar-refractivity contribution in [3.63, 3.8) is 0 Å². The summed E-state index contributed by atoms with van der Waals surface area (Å²) in [5, 5.41) is 14.5. The molecule has 8 nitrogen and oxygen atoms in total. The second-order valence-electron chi connectivity index (χ2n) is 7.03. The summed E-state index contributed by atoms with van der Waals surface area (Å²) in [6.07, 6.45) is 8.91. The van der Waals surface area contributed by atoms with Gasteiger partial charge < -0.3 is 19.9 Å². The van der Waals surface area contributed by atoms with Crippen LogP contribution in [0.15, 0.2) is 24.7 Å². The number of fused-ring (bicyclic) bond motifs is 3. The summed E-state index contributed by atoms with van der Waals surface area (Å²) in [5.41, 5.74) is 0.834. The van der Waals surface area contributed by atoms with Crippen LogP contribution in [0.5, 0.6) is 0 Å². The van der Waals surface area contributed by atoms with Gasteiger partial charge in [0, 0.05) is 41.1 Å². The van der Waals surface area contributed by atoms with Crippen LogP contribution in [0.3, 0.4) is 0 Å². The molecule has 2 aliphatic rings. The van der Waals surface area contributed by atoms with Crippen LogP contribution in [0.25, 0.3) is 21.8 Å². The number of piperidine rings is 1. The van der Waals surface area contributed by atoms with E-state index < -0.39 is 0 Å². The molecule has 0 spiro atoms. The van der Waals surface area contributed by atoms with Crippen LogP contribution in [-0.4, -0.2) is 51.5 Å². The fourth-order valence-electron chi connectivity index (χ4n) is 3.59. The lowest BCUT2D eigenvalue weighted by atomic mass is 10.1. The Balaban J connectivity index is 1.43. The molecular formula is C18H20N6O2. The maximum absolute atomic E-state index is 12.0. The van der Waals surface area contributed by atoms with E-state index in [2.05, 4.69) is 30.4 Å². The summed E-state index contributed by atoms with van der Waals surface area (Å²) in [5.74, 6) is 0.824. The number of carbonyl (C=O) groups is 1. The van der Waals surface area contributed by atoms with Gasteiger partial charge in [0.05, 0.1) is 12.7 Å². The lowest BCUT2D eigenvalue weighted by Gasteiger charge is -2.33. The van der Waals surface area contributed by atoms with Gasteiger partial charge in [-0.05, 0) is 31.7 Å². The van der Waals surface area contributed by atoms with Gasteiger partial charge in [0.25, 0.3) is 0 Å². The van der Waals surface area contributed by atoms with E-state index >= 15 is 0 Å². The van der Waals surface area contributed by atoms with Gasteiger partial charge in [-0.1, -0.05) is 0 Å². The third-order valence-corrected chi connectivity index (χ3v) is 5.04. The molecule has 1 saturated heterocycles. The van der Waals surface area contributed by atoms with E-state index in [0.29, 0.717) is 12.6 Å². The SMILES string of the molecule is O=C(NC1CC1)OC1CCCN(c2nncc3cnc4[nH]ccc4c23)C1. The van der Waals surface area contributed by atoms with Crippen LogP contribution < -0.4 is 10.2 Å². The Bertz CT molecular complexity index is 967. The first-order valence-corrected chi connectivity index (χ1v) is 9.07. The average molecular weight is 352 g/mol. The number of ether oxygens (including phenoxy) is 1. The molecule has 0 aromatic carbocycles. The fraction of sp³-hybridized carbons (Fsp3) is 0.444. The molecule has 5 rings (SSSR count). The number of aromatic nitrogens is 4. The standard InChI is InChI=1S/C18H20N6O2/c25-18(22-12-3-4-12)26-13-2-1-7-24(10-13)17-15-11(9-21-23-17)8-20-16-14(15)5-6-19-16/h5-6,8-9,12-13H,1-4,7,10H2,(H,19,20)(H,22,25). The second-order valence-corrected chi connectivity index (χ2v) is 7.03. The first kappa shape index (κ1) is 15.4. The normalized spacial score (nSPS) is 20.5. The third-order valence-electron chi connectivity index (χ3n) is 5.04. The van der Waals surface area contributed by atoms with E-state index in [1.807, 2.05) is 18.5 Å². The molecule has 26 heavy (non-hydrogen) atoms. The Kier molecular flexibility index (Phi) is 3.62. The number of H-pyrrole nitrogens is 1. The lowest BCUT2D eigenvalue weighted by molar-refractivity contribution is 0.0879. The topological polar surface area (TPSA) is 96.0 Å². The van der Waals surface area contributed by atoms with Crippen LogP contribution >= 0.6 is 0 Å². The zero-order valence-electron chi connectivity index (χ0n) is 14.3. The minimum absolute atomic E-state index is 0.136. The number of amides is 1. The van der Waals surface area contributed by atoms with E-state index in [1.165, 1.54) is 0 Å². The number of pyridine rings is 1. The number of hydrogen-bond donors (Lipinski definition) is 2. The summed E-state index contributed by atoms with van der Waals surface area (Å²) in [7, 11) is 0. The van der Waals surface area contributed by atoms with Gasteiger partial charge in [0.15, 0.2) is 5.82 Å². The molecule has 2 fully saturated rings. The molecule has 1 unspecified atom stereocenters. The van der Waals surface area contributed by atoms with Crippen molar-refractivity contribution in [2.45, 2.75) is 37.8 Å². The molecule has 1 aliphatic carbocycles. The van der Waals surface area contributed by atoms with Gasteiger partial charge in [-0.15, -0.1) is 5.10 Å². The van der Waals surface area contributed by atoms with E-state index in [4.69, 9.17) is 4.74 Å². The van der Waals surface area contributed by atoms with Gasteiger partial charge in [0.2, 0.25) is 0 Å². The van der Waals surface area contributed by atoms with Gasteiger partial charge in [-0.2, -0.15) is 5.10 Å². The Labute approximate surface area is 149 Å². The molecule has 3 aromatic heterocycles. The smallest absolute Gasteiger partial charge is 0.407 e. The molecule has 1 saturated carbocycles. The maximum atomic E-state index is 12.0. The predicted octanol–water partition coefficient (Wildman–Crippen LogP) is 2.36. The van der Waals surface area contributed by atoms with Crippen molar-refractivity contribution in [3.8, 4) is 0 Å². The van der Waals surface area contributed by atoms with E-state index in [1.54, 1.807) is 6.20 Å². The minimum Gasteiger partial charge on any atom is -0.444 e. The maximum Gasteiger partial charge on any atom is 0.407 e. The van der Waals surface area contributed by atoms with Crippen molar-refractivity contribution >= 4 is 33.7 Å². The first-order chi connectivity index (χ1) is 12.8. The minimum atomic E-state index is -0.305. The van der Waals surface area contributed by atoms with Crippen LogP contribution in [0.4, 0.5) is 10.6 Å². The molecular weight excluding hydrogens is 332 g/mol. The average Bonchev–Trinajstić information content (AvgIpc) is 3.33. The monoisotopic (exact) mass is 352 g/mol. The highest BCUT2D eigenvalue weighted by Gasteiger charge is 2.29. The molecule has 8 heteroatoms. The van der Waals surface area contributed by atoms with E-state index in [9.17, 15) is 4.79 Å².